The zero-order valence-corrected chi connectivity index (χ0v) is 19.6. The Labute approximate surface area is 206 Å². The number of nitrogens with zero attached hydrogens (tertiary/aromatic N) is 5. The predicted molar refractivity (Wildman–Crippen MR) is 134 cm³/mol. The van der Waals surface area contributed by atoms with Crippen LogP contribution in [0.4, 0.5) is 4.39 Å². The quantitative estimate of drug-likeness (QED) is 0.384. The minimum absolute atomic E-state index is 0.117. The van der Waals surface area contributed by atoms with Crippen molar-refractivity contribution in [1.82, 2.24) is 29.6 Å². The monoisotopic (exact) mass is 482 g/mol. The van der Waals surface area contributed by atoms with E-state index in [9.17, 15) is 14.0 Å². The van der Waals surface area contributed by atoms with Gasteiger partial charge in [-0.2, -0.15) is 5.10 Å². The number of hydrogen-bond acceptors (Lipinski definition) is 5. The van der Waals surface area contributed by atoms with Crippen LogP contribution in [0.1, 0.15) is 21.5 Å². The average Bonchev–Trinajstić information content (AvgIpc) is 3.31. The smallest absolute Gasteiger partial charge is 0.260 e. The van der Waals surface area contributed by atoms with Crippen molar-refractivity contribution in [3.8, 4) is 11.4 Å². The summed E-state index contributed by atoms with van der Waals surface area (Å²) in [5.41, 5.74) is 3.01. The molecule has 0 saturated heterocycles. The zero-order chi connectivity index (χ0) is 25.1. The molecule has 8 nitrogen and oxygen atoms in total. The van der Waals surface area contributed by atoms with E-state index in [0.717, 1.165) is 16.6 Å². The lowest BCUT2D eigenvalue weighted by atomic mass is 10.1. The summed E-state index contributed by atoms with van der Waals surface area (Å²) in [4.78, 5) is 34.2. The lowest BCUT2D eigenvalue weighted by Crippen LogP contribution is -2.26. The molecule has 0 saturated carbocycles. The molecule has 4 heterocycles. The van der Waals surface area contributed by atoms with Gasteiger partial charge in [-0.25, -0.2) is 4.39 Å². The summed E-state index contributed by atoms with van der Waals surface area (Å²) in [6.45, 7) is 0.514. The maximum absolute atomic E-state index is 14.4. The predicted octanol–water partition coefficient (Wildman–Crippen LogP) is 3.35. The van der Waals surface area contributed by atoms with E-state index in [1.807, 2.05) is 37.4 Å². The highest BCUT2D eigenvalue weighted by molar-refractivity contribution is 5.94. The van der Waals surface area contributed by atoms with Gasteiger partial charge in [0.2, 0.25) is 0 Å². The van der Waals surface area contributed by atoms with Gasteiger partial charge in [-0.05, 0) is 65.4 Å². The molecule has 0 aliphatic carbocycles. The molecular formula is C27H23FN6O2. The van der Waals surface area contributed by atoms with E-state index < -0.39 is 5.82 Å². The number of aryl methyl sites for hydroxylation is 1. The van der Waals surface area contributed by atoms with E-state index in [4.69, 9.17) is 0 Å². The molecule has 36 heavy (non-hydrogen) atoms. The standard InChI is InChI=1S/C27H23FN6O2/c1-33-25(5-9-32-33)24-14-20-6-10-34(27(36)23(20)16-31-24)17-19-11-21(13-22(28)12-19)26(35)30-8-4-18-3-2-7-29-15-18/h2-3,5-7,9-16H,4,8,17H2,1H3,(H,30,35). The molecule has 1 aromatic carbocycles. The van der Waals surface area contributed by atoms with Crippen LogP contribution in [0.5, 0.6) is 0 Å². The Bertz CT molecular complexity index is 1610. The summed E-state index contributed by atoms with van der Waals surface area (Å²) in [5, 5.41) is 8.16. The number of nitrogens with one attached hydrogen (secondary N) is 1. The number of fused-ring (bicyclic) bond motifs is 1. The summed E-state index contributed by atoms with van der Waals surface area (Å²) in [7, 11) is 1.83. The molecule has 1 amide bonds. The minimum Gasteiger partial charge on any atom is -0.352 e. The molecule has 0 atom stereocenters. The van der Waals surface area contributed by atoms with Gasteiger partial charge in [0.25, 0.3) is 11.5 Å². The summed E-state index contributed by atoms with van der Waals surface area (Å²) in [5.74, 6) is -0.918. The van der Waals surface area contributed by atoms with Gasteiger partial charge in [-0.15, -0.1) is 0 Å². The maximum Gasteiger partial charge on any atom is 0.260 e. The summed E-state index contributed by atoms with van der Waals surface area (Å²) < 4.78 is 17.5. The van der Waals surface area contributed by atoms with Gasteiger partial charge in [-0.1, -0.05) is 6.07 Å². The van der Waals surface area contributed by atoms with Crippen LogP contribution in [0.25, 0.3) is 22.2 Å². The first kappa shape index (κ1) is 23.1. The highest BCUT2D eigenvalue weighted by Gasteiger charge is 2.12. The largest absolute Gasteiger partial charge is 0.352 e. The van der Waals surface area contributed by atoms with Gasteiger partial charge in [0, 0.05) is 50.1 Å². The molecule has 1 N–H and O–H groups in total. The van der Waals surface area contributed by atoms with Crippen molar-refractivity contribution < 1.29 is 9.18 Å². The molecule has 0 spiro atoms. The Kier molecular flexibility index (Phi) is 6.36. The van der Waals surface area contributed by atoms with Gasteiger partial charge < -0.3 is 9.88 Å². The molecule has 0 bridgehead atoms. The average molecular weight is 483 g/mol. The first-order chi connectivity index (χ1) is 17.5. The highest BCUT2D eigenvalue weighted by atomic mass is 19.1. The Morgan fingerprint density at radius 1 is 1.06 bits per heavy atom. The van der Waals surface area contributed by atoms with E-state index in [-0.39, 0.29) is 23.6 Å². The number of pyridine rings is 3. The maximum atomic E-state index is 14.4. The van der Waals surface area contributed by atoms with Gasteiger partial charge in [0.05, 0.1) is 23.3 Å². The van der Waals surface area contributed by atoms with Crippen LogP contribution < -0.4 is 10.9 Å². The summed E-state index contributed by atoms with van der Waals surface area (Å²) in [6.07, 6.45) is 8.94. The number of carbonyl (C=O) groups is 1. The van der Waals surface area contributed by atoms with E-state index in [1.54, 1.807) is 41.7 Å². The third-order valence-electron chi connectivity index (χ3n) is 5.94. The fraction of sp³-hybridized carbons (Fsp3) is 0.148. The number of aromatic nitrogens is 5. The fourth-order valence-corrected chi connectivity index (χ4v) is 4.11. The first-order valence-corrected chi connectivity index (χ1v) is 11.4. The molecule has 9 heteroatoms. The second-order valence-corrected chi connectivity index (χ2v) is 8.46. The Hall–Kier alpha value is -4.66. The van der Waals surface area contributed by atoms with E-state index in [2.05, 4.69) is 20.4 Å². The van der Waals surface area contributed by atoms with Crippen LogP contribution in [-0.2, 0) is 20.0 Å². The third kappa shape index (κ3) is 4.90. The molecule has 0 unspecified atom stereocenters. The van der Waals surface area contributed by atoms with Crippen molar-refractivity contribution in [1.29, 1.82) is 0 Å². The highest BCUT2D eigenvalue weighted by Crippen LogP contribution is 2.20. The van der Waals surface area contributed by atoms with Gasteiger partial charge in [0.1, 0.15) is 5.82 Å². The van der Waals surface area contributed by atoms with E-state index >= 15 is 0 Å². The molecule has 5 rings (SSSR count). The zero-order valence-electron chi connectivity index (χ0n) is 19.6. The molecule has 0 aliphatic heterocycles. The van der Waals surface area contributed by atoms with E-state index in [0.29, 0.717) is 29.6 Å². The summed E-state index contributed by atoms with van der Waals surface area (Å²) in [6, 6.07) is 13.4. The van der Waals surface area contributed by atoms with Crippen molar-refractivity contribution >= 4 is 16.7 Å². The summed E-state index contributed by atoms with van der Waals surface area (Å²) >= 11 is 0. The van der Waals surface area contributed by atoms with E-state index in [1.165, 1.54) is 16.7 Å². The van der Waals surface area contributed by atoms with Crippen molar-refractivity contribution in [3.63, 3.8) is 0 Å². The van der Waals surface area contributed by atoms with Crippen LogP contribution in [-0.4, -0.2) is 36.8 Å². The third-order valence-corrected chi connectivity index (χ3v) is 5.94. The van der Waals surface area contributed by atoms with Crippen LogP contribution >= 0.6 is 0 Å². The number of carbonyl (C=O) groups excluding carboxylic acids is 1. The topological polar surface area (TPSA) is 94.7 Å². The molecule has 0 aliphatic rings. The molecule has 180 valence electrons. The fourth-order valence-electron chi connectivity index (χ4n) is 4.11. The Balaban J connectivity index is 1.34. The molecule has 5 aromatic rings. The number of halogens is 1. The van der Waals surface area contributed by atoms with Gasteiger partial charge in [-0.3, -0.25) is 24.2 Å². The normalized spacial score (nSPS) is 11.1. The first-order valence-electron chi connectivity index (χ1n) is 11.4. The van der Waals surface area contributed by atoms with Gasteiger partial charge in [0.15, 0.2) is 0 Å². The number of benzene rings is 1. The second-order valence-electron chi connectivity index (χ2n) is 8.46. The van der Waals surface area contributed by atoms with Crippen molar-refractivity contribution in [3.05, 3.63) is 112 Å². The molecule has 4 aromatic heterocycles. The molecular weight excluding hydrogens is 459 g/mol. The van der Waals surface area contributed by atoms with Crippen molar-refractivity contribution in [2.24, 2.45) is 7.05 Å². The second kappa shape index (κ2) is 9.91. The number of rotatable bonds is 7. The Morgan fingerprint density at radius 3 is 2.72 bits per heavy atom. The minimum atomic E-state index is -0.541. The molecule has 0 radical (unpaired) electrons. The van der Waals surface area contributed by atoms with Crippen molar-refractivity contribution in [2.75, 3.05) is 6.54 Å². The molecule has 0 fully saturated rings. The van der Waals surface area contributed by atoms with Crippen LogP contribution in [0.15, 0.2) is 84.3 Å². The van der Waals surface area contributed by atoms with Crippen molar-refractivity contribution in [2.45, 2.75) is 13.0 Å². The SMILES string of the molecule is Cn1nccc1-c1cc2ccn(Cc3cc(F)cc(C(=O)NCCc4cccnc4)c3)c(=O)c2cn1. The lowest BCUT2D eigenvalue weighted by molar-refractivity contribution is 0.0953. The number of hydrogen-bond donors (Lipinski definition) is 1. The lowest BCUT2D eigenvalue weighted by Gasteiger charge is -2.11. The van der Waals surface area contributed by atoms with Crippen LogP contribution in [0.2, 0.25) is 0 Å². The van der Waals surface area contributed by atoms with Crippen LogP contribution in [0.3, 0.4) is 0 Å². The van der Waals surface area contributed by atoms with Crippen LogP contribution in [0, 0.1) is 5.82 Å². The Morgan fingerprint density at radius 2 is 1.94 bits per heavy atom. The number of amides is 1. The van der Waals surface area contributed by atoms with Gasteiger partial charge >= 0.3 is 0 Å².